The van der Waals surface area contributed by atoms with Gasteiger partial charge < -0.3 is 10.1 Å². The SMILES string of the molecule is COC[C@H](C)NC(=O)c1ccc(-c2cc(-c3ccc(Cl)cc3Cl)[nH]n2)cc1. The number of benzene rings is 2. The molecule has 2 aromatic carbocycles. The van der Waals surface area contributed by atoms with E-state index in [-0.39, 0.29) is 11.9 Å². The molecule has 5 nitrogen and oxygen atoms in total. The summed E-state index contributed by atoms with van der Waals surface area (Å²) in [5.74, 6) is -0.137. The summed E-state index contributed by atoms with van der Waals surface area (Å²) in [4.78, 5) is 12.2. The summed E-state index contributed by atoms with van der Waals surface area (Å²) in [7, 11) is 1.60. The van der Waals surface area contributed by atoms with Gasteiger partial charge in [-0.1, -0.05) is 35.3 Å². The molecule has 0 aliphatic rings. The predicted molar refractivity (Wildman–Crippen MR) is 108 cm³/mol. The zero-order chi connectivity index (χ0) is 19.4. The van der Waals surface area contributed by atoms with Crippen molar-refractivity contribution < 1.29 is 9.53 Å². The molecule has 140 valence electrons. The maximum atomic E-state index is 12.2. The summed E-state index contributed by atoms with van der Waals surface area (Å²) in [6, 6.07) is 14.4. The van der Waals surface area contributed by atoms with E-state index in [1.54, 1.807) is 31.4 Å². The van der Waals surface area contributed by atoms with Gasteiger partial charge in [-0.3, -0.25) is 9.89 Å². The Morgan fingerprint density at radius 2 is 1.93 bits per heavy atom. The van der Waals surface area contributed by atoms with Gasteiger partial charge >= 0.3 is 0 Å². The Bertz CT molecular complexity index is 939. The summed E-state index contributed by atoms with van der Waals surface area (Å²) < 4.78 is 5.03. The van der Waals surface area contributed by atoms with Gasteiger partial charge in [-0.2, -0.15) is 5.10 Å². The first-order valence-corrected chi connectivity index (χ1v) is 9.14. The Hall–Kier alpha value is -2.34. The molecule has 1 amide bonds. The highest BCUT2D eigenvalue weighted by molar-refractivity contribution is 6.36. The first-order valence-electron chi connectivity index (χ1n) is 8.39. The van der Waals surface area contributed by atoms with Crippen LogP contribution in [0.15, 0.2) is 48.5 Å². The second-order valence-corrected chi connectivity index (χ2v) is 7.04. The molecular formula is C20H19Cl2N3O2. The van der Waals surface area contributed by atoms with Crippen LogP contribution < -0.4 is 5.32 Å². The number of rotatable bonds is 6. The van der Waals surface area contributed by atoms with Gasteiger partial charge in [0.25, 0.3) is 5.91 Å². The fourth-order valence-electron chi connectivity index (χ4n) is 2.71. The molecular weight excluding hydrogens is 385 g/mol. The Morgan fingerprint density at radius 1 is 1.19 bits per heavy atom. The van der Waals surface area contributed by atoms with E-state index in [1.165, 1.54) is 0 Å². The molecule has 0 saturated heterocycles. The number of nitrogens with one attached hydrogen (secondary N) is 2. The van der Waals surface area contributed by atoms with E-state index in [9.17, 15) is 4.79 Å². The second kappa shape index (κ2) is 8.57. The summed E-state index contributed by atoms with van der Waals surface area (Å²) in [5, 5.41) is 11.3. The minimum atomic E-state index is -0.137. The zero-order valence-corrected chi connectivity index (χ0v) is 16.4. The normalized spacial score (nSPS) is 12.0. The monoisotopic (exact) mass is 403 g/mol. The molecule has 3 aromatic rings. The van der Waals surface area contributed by atoms with Crippen molar-refractivity contribution in [3.05, 3.63) is 64.1 Å². The highest BCUT2D eigenvalue weighted by Gasteiger charge is 2.12. The topological polar surface area (TPSA) is 67.0 Å². The lowest BCUT2D eigenvalue weighted by atomic mass is 10.1. The number of amides is 1. The maximum absolute atomic E-state index is 12.2. The number of aromatic amines is 1. The van der Waals surface area contributed by atoms with Crippen molar-refractivity contribution in [1.29, 1.82) is 0 Å². The van der Waals surface area contributed by atoms with Gasteiger partial charge in [0.2, 0.25) is 0 Å². The average molecular weight is 404 g/mol. The number of hydrogen-bond donors (Lipinski definition) is 2. The van der Waals surface area contributed by atoms with E-state index >= 15 is 0 Å². The van der Waals surface area contributed by atoms with Crippen LogP contribution in [0, 0.1) is 0 Å². The molecule has 1 atom stereocenters. The van der Waals surface area contributed by atoms with Gasteiger partial charge in [-0.05, 0) is 43.3 Å². The third-order valence-corrected chi connectivity index (χ3v) is 4.58. The molecule has 0 saturated carbocycles. The third kappa shape index (κ3) is 4.69. The van der Waals surface area contributed by atoms with E-state index in [4.69, 9.17) is 27.9 Å². The van der Waals surface area contributed by atoms with E-state index < -0.39 is 0 Å². The van der Waals surface area contributed by atoms with Crippen LogP contribution in [0.4, 0.5) is 0 Å². The van der Waals surface area contributed by atoms with Crippen LogP contribution in [0.1, 0.15) is 17.3 Å². The van der Waals surface area contributed by atoms with Crippen molar-refractivity contribution in [2.75, 3.05) is 13.7 Å². The number of ether oxygens (including phenoxy) is 1. The molecule has 27 heavy (non-hydrogen) atoms. The number of carbonyl (C=O) groups excluding carboxylic acids is 1. The van der Waals surface area contributed by atoms with Gasteiger partial charge in [0.1, 0.15) is 0 Å². The van der Waals surface area contributed by atoms with Crippen molar-refractivity contribution in [3.63, 3.8) is 0 Å². The first kappa shape index (κ1) is 19.4. The van der Waals surface area contributed by atoms with Crippen molar-refractivity contribution in [2.24, 2.45) is 0 Å². The number of halogens is 2. The van der Waals surface area contributed by atoms with Crippen LogP contribution in [-0.2, 0) is 4.74 Å². The van der Waals surface area contributed by atoms with Crippen molar-refractivity contribution in [3.8, 4) is 22.5 Å². The van der Waals surface area contributed by atoms with Crippen LogP contribution in [-0.4, -0.2) is 35.9 Å². The largest absolute Gasteiger partial charge is 0.383 e. The molecule has 0 bridgehead atoms. The van der Waals surface area contributed by atoms with E-state index in [1.807, 2.05) is 31.2 Å². The lowest BCUT2D eigenvalue weighted by Crippen LogP contribution is -2.35. The van der Waals surface area contributed by atoms with Crippen LogP contribution in [0.2, 0.25) is 10.0 Å². The first-order chi connectivity index (χ1) is 13.0. The maximum Gasteiger partial charge on any atom is 0.251 e. The van der Waals surface area contributed by atoms with Gasteiger partial charge in [-0.15, -0.1) is 0 Å². The molecule has 0 unspecified atom stereocenters. The molecule has 0 aliphatic heterocycles. The van der Waals surface area contributed by atoms with Gasteiger partial charge in [0, 0.05) is 34.9 Å². The van der Waals surface area contributed by atoms with Crippen molar-refractivity contribution in [1.82, 2.24) is 15.5 Å². The minimum Gasteiger partial charge on any atom is -0.383 e. The van der Waals surface area contributed by atoms with Crippen molar-refractivity contribution in [2.45, 2.75) is 13.0 Å². The molecule has 1 heterocycles. The molecule has 2 N–H and O–H groups in total. The number of methoxy groups -OCH3 is 1. The van der Waals surface area contributed by atoms with E-state index in [0.29, 0.717) is 22.2 Å². The summed E-state index contributed by atoms with van der Waals surface area (Å²) in [6.07, 6.45) is 0. The quantitative estimate of drug-likeness (QED) is 0.619. The minimum absolute atomic E-state index is 0.0554. The fraction of sp³-hybridized carbons (Fsp3) is 0.200. The average Bonchev–Trinajstić information content (AvgIpc) is 3.11. The highest BCUT2D eigenvalue weighted by atomic mass is 35.5. The number of carbonyl (C=O) groups is 1. The van der Waals surface area contributed by atoms with Crippen LogP contribution in [0.5, 0.6) is 0 Å². The molecule has 3 rings (SSSR count). The second-order valence-electron chi connectivity index (χ2n) is 6.20. The van der Waals surface area contributed by atoms with E-state index in [2.05, 4.69) is 15.5 Å². The highest BCUT2D eigenvalue weighted by Crippen LogP contribution is 2.31. The number of nitrogens with zero attached hydrogens (tertiary/aromatic N) is 1. The molecule has 1 aromatic heterocycles. The Morgan fingerprint density at radius 3 is 2.59 bits per heavy atom. The number of aromatic nitrogens is 2. The Balaban J connectivity index is 1.76. The van der Waals surface area contributed by atoms with Gasteiger partial charge in [0.05, 0.1) is 23.0 Å². The zero-order valence-electron chi connectivity index (χ0n) is 14.9. The van der Waals surface area contributed by atoms with Gasteiger partial charge in [0.15, 0.2) is 0 Å². The summed E-state index contributed by atoms with van der Waals surface area (Å²) >= 11 is 12.2. The molecule has 0 aliphatic carbocycles. The fourth-order valence-corrected chi connectivity index (χ4v) is 3.22. The van der Waals surface area contributed by atoms with Crippen molar-refractivity contribution >= 4 is 29.1 Å². The number of hydrogen-bond acceptors (Lipinski definition) is 3. The van der Waals surface area contributed by atoms with Crippen LogP contribution >= 0.6 is 23.2 Å². The smallest absolute Gasteiger partial charge is 0.251 e. The molecule has 0 fully saturated rings. The number of H-pyrrole nitrogens is 1. The molecule has 0 spiro atoms. The summed E-state index contributed by atoms with van der Waals surface area (Å²) in [5.41, 5.74) is 3.85. The molecule has 7 heteroatoms. The van der Waals surface area contributed by atoms with E-state index in [0.717, 1.165) is 22.5 Å². The molecule has 0 radical (unpaired) electrons. The van der Waals surface area contributed by atoms with Crippen LogP contribution in [0.3, 0.4) is 0 Å². The van der Waals surface area contributed by atoms with Crippen LogP contribution in [0.25, 0.3) is 22.5 Å². The Labute approximate surface area is 167 Å². The predicted octanol–water partition coefficient (Wildman–Crippen LogP) is 4.82. The third-order valence-electron chi connectivity index (χ3n) is 4.04. The lowest BCUT2D eigenvalue weighted by Gasteiger charge is -2.12. The Kier molecular flexibility index (Phi) is 6.16. The van der Waals surface area contributed by atoms with Gasteiger partial charge in [-0.25, -0.2) is 0 Å². The summed E-state index contributed by atoms with van der Waals surface area (Å²) in [6.45, 7) is 2.36. The lowest BCUT2D eigenvalue weighted by molar-refractivity contribution is 0.0905. The standard InChI is InChI=1S/C20H19Cl2N3O2/c1-12(11-27-2)23-20(26)14-5-3-13(4-6-14)18-10-19(25-24-18)16-8-7-15(21)9-17(16)22/h3-10,12H,11H2,1-2H3,(H,23,26)(H,24,25)/t12-/m0/s1.